The van der Waals surface area contributed by atoms with Crippen LogP contribution in [0.2, 0.25) is 0 Å². The number of ether oxygens (including phenoxy) is 1. The molecule has 0 spiro atoms. The van der Waals surface area contributed by atoms with E-state index in [9.17, 15) is 9.18 Å². The largest absolute Gasteiger partial charge is 0.497 e. The molecule has 0 radical (unpaired) electrons. The van der Waals surface area contributed by atoms with E-state index >= 15 is 0 Å². The number of amides is 2. The van der Waals surface area contributed by atoms with Crippen LogP contribution in [0.25, 0.3) is 0 Å². The number of carbonyl (C=O) groups excluding carboxylic acids is 1. The van der Waals surface area contributed by atoms with Gasteiger partial charge in [0, 0.05) is 38.1 Å². The number of hydrogen-bond donors (Lipinski definition) is 1. The fraction of sp³-hybridized carbons (Fsp3) is 0.409. The summed E-state index contributed by atoms with van der Waals surface area (Å²) in [7, 11) is 1.65. The molecule has 0 aliphatic carbocycles. The van der Waals surface area contributed by atoms with Gasteiger partial charge in [0.15, 0.2) is 0 Å². The molecule has 1 fully saturated rings. The molecule has 1 N–H and O–H groups in total. The van der Waals surface area contributed by atoms with Gasteiger partial charge in [0.1, 0.15) is 11.6 Å². The summed E-state index contributed by atoms with van der Waals surface area (Å²) in [5.74, 6) is 0.595. The van der Waals surface area contributed by atoms with Crippen LogP contribution in [-0.2, 0) is 5.41 Å². The number of methoxy groups -OCH3 is 1. The lowest BCUT2D eigenvalue weighted by Gasteiger charge is -2.37. The summed E-state index contributed by atoms with van der Waals surface area (Å²) in [6.07, 6.45) is 0. The Hall–Kier alpha value is -2.76. The second kappa shape index (κ2) is 8.50. The van der Waals surface area contributed by atoms with Crippen molar-refractivity contribution in [2.75, 3.05) is 44.7 Å². The van der Waals surface area contributed by atoms with Crippen molar-refractivity contribution in [3.63, 3.8) is 0 Å². The summed E-state index contributed by atoms with van der Waals surface area (Å²) in [6.45, 7) is 7.13. The number of hydrogen-bond acceptors (Lipinski definition) is 3. The summed E-state index contributed by atoms with van der Waals surface area (Å²) in [4.78, 5) is 16.4. The summed E-state index contributed by atoms with van der Waals surface area (Å²) >= 11 is 0. The van der Waals surface area contributed by atoms with Crippen molar-refractivity contribution in [1.82, 2.24) is 10.2 Å². The van der Waals surface area contributed by atoms with Crippen molar-refractivity contribution in [1.29, 1.82) is 0 Å². The predicted molar refractivity (Wildman–Crippen MR) is 110 cm³/mol. The third kappa shape index (κ3) is 4.55. The molecular formula is C22H28FN3O2. The lowest BCUT2D eigenvalue weighted by Crippen LogP contribution is -2.53. The second-order valence-corrected chi connectivity index (χ2v) is 7.70. The Kier molecular flexibility index (Phi) is 6.07. The van der Waals surface area contributed by atoms with E-state index in [1.807, 2.05) is 35.2 Å². The molecule has 3 rings (SSSR count). The van der Waals surface area contributed by atoms with Crippen LogP contribution in [0, 0.1) is 5.82 Å². The van der Waals surface area contributed by atoms with E-state index in [2.05, 4.69) is 19.2 Å². The van der Waals surface area contributed by atoms with Gasteiger partial charge in [-0.1, -0.05) is 38.1 Å². The van der Waals surface area contributed by atoms with Crippen molar-refractivity contribution in [3.8, 4) is 5.75 Å². The van der Waals surface area contributed by atoms with Crippen LogP contribution in [0.4, 0.5) is 14.9 Å². The molecule has 5 nitrogen and oxygen atoms in total. The van der Waals surface area contributed by atoms with Gasteiger partial charge >= 0.3 is 6.03 Å². The first-order valence-electron chi connectivity index (χ1n) is 9.57. The Morgan fingerprint density at radius 3 is 2.32 bits per heavy atom. The first kappa shape index (κ1) is 20.0. The first-order valence-corrected chi connectivity index (χ1v) is 9.57. The molecule has 2 aromatic carbocycles. The number of halogens is 1. The predicted octanol–water partition coefficient (Wildman–Crippen LogP) is 3.64. The molecule has 1 heterocycles. The maximum absolute atomic E-state index is 13.9. The quantitative estimate of drug-likeness (QED) is 0.855. The highest BCUT2D eigenvalue weighted by Gasteiger charge is 2.26. The summed E-state index contributed by atoms with van der Waals surface area (Å²) in [6, 6.07) is 14.6. The number of benzene rings is 2. The Bertz CT molecular complexity index is 800. The number of para-hydroxylation sites is 1. The Morgan fingerprint density at radius 1 is 1.07 bits per heavy atom. The molecule has 0 saturated carbocycles. The minimum Gasteiger partial charge on any atom is -0.497 e. The van der Waals surface area contributed by atoms with Gasteiger partial charge in [-0.15, -0.1) is 0 Å². The third-order valence-electron chi connectivity index (χ3n) is 5.31. The number of piperazine rings is 1. The van der Waals surface area contributed by atoms with Crippen LogP contribution in [0.3, 0.4) is 0 Å². The van der Waals surface area contributed by atoms with E-state index < -0.39 is 0 Å². The Labute approximate surface area is 166 Å². The highest BCUT2D eigenvalue weighted by atomic mass is 19.1. The SMILES string of the molecule is COc1ccc(C(C)(C)CNC(=O)N2CCN(c3ccccc3F)CC2)cc1. The Morgan fingerprint density at radius 2 is 1.71 bits per heavy atom. The topological polar surface area (TPSA) is 44.8 Å². The van der Waals surface area contributed by atoms with Gasteiger partial charge in [0.2, 0.25) is 0 Å². The normalized spacial score (nSPS) is 14.7. The lowest BCUT2D eigenvalue weighted by molar-refractivity contribution is 0.192. The van der Waals surface area contributed by atoms with E-state index in [-0.39, 0.29) is 17.3 Å². The Balaban J connectivity index is 1.52. The smallest absolute Gasteiger partial charge is 0.317 e. The number of rotatable bonds is 5. The lowest BCUT2D eigenvalue weighted by atomic mass is 9.84. The van der Waals surface area contributed by atoms with Crippen LogP contribution in [-0.4, -0.2) is 50.8 Å². The molecule has 150 valence electrons. The van der Waals surface area contributed by atoms with Gasteiger partial charge in [-0.25, -0.2) is 9.18 Å². The van der Waals surface area contributed by atoms with Crippen LogP contribution in [0.5, 0.6) is 5.75 Å². The highest BCUT2D eigenvalue weighted by molar-refractivity contribution is 5.74. The number of urea groups is 1. The van der Waals surface area contributed by atoms with Crippen LogP contribution in [0.15, 0.2) is 48.5 Å². The van der Waals surface area contributed by atoms with E-state index in [0.717, 1.165) is 11.3 Å². The van der Waals surface area contributed by atoms with Crippen LogP contribution < -0.4 is 15.0 Å². The molecule has 6 heteroatoms. The van der Waals surface area contributed by atoms with E-state index in [4.69, 9.17) is 4.74 Å². The van der Waals surface area contributed by atoms with E-state index in [0.29, 0.717) is 38.4 Å². The fourth-order valence-electron chi connectivity index (χ4n) is 3.41. The molecule has 1 aliphatic heterocycles. The minimum atomic E-state index is -0.221. The maximum atomic E-state index is 13.9. The van der Waals surface area contributed by atoms with E-state index in [1.54, 1.807) is 24.1 Å². The summed E-state index contributed by atoms with van der Waals surface area (Å²) in [5.41, 5.74) is 1.54. The van der Waals surface area contributed by atoms with Crippen LogP contribution in [0.1, 0.15) is 19.4 Å². The number of anilines is 1. The number of nitrogens with one attached hydrogen (secondary N) is 1. The molecular weight excluding hydrogens is 357 g/mol. The third-order valence-corrected chi connectivity index (χ3v) is 5.31. The monoisotopic (exact) mass is 385 g/mol. The maximum Gasteiger partial charge on any atom is 0.317 e. The molecule has 2 aromatic rings. The van der Waals surface area contributed by atoms with Gasteiger partial charge in [-0.05, 0) is 29.8 Å². The molecule has 28 heavy (non-hydrogen) atoms. The highest BCUT2D eigenvalue weighted by Crippen LogP contribution is 2.25. The molecule has 0 aromatic heterocycles. The van der Waals surface area contributed by atoms with E-state index in [1.165, 1.54) is 6.07 Å². The van der Waals surface area contributed by atoms with Gasteiger partial charge in [-0.2, -0.15) is 0 Å². The molecule has 2 amide bonds. The average Bonchev–Trinajstić information content (AvgIpc) is 2.72. The first-order chi connectivity index (χ1) is 13.4. The van der Waals surface area contributed by atoms with Crippen molar-refractivity contribution in [2.24, 2.45) is 0 Å². The zero-order valence-electron chi connectivity index (χ0n) is 16.7. The van der Waals surface area contributed by atoms with Crippen molar-refractivity contribution in [3.05, 3.63) is 59.9 Å². The average molecular weight is 385 g/mol. The second-order valence-electron chi connectivity index (χ2n) is 7.70. The van der Waals surface area contributed by atoms with Crippen molar-refractivity contribution >= 4 is 11.7 Å². The molecule has 0 bridgehead atoms. The summed E-state index contributed by atoms with van der Waals surface area (Å²) < 4.78 is 19.2. The van der Waals surface area contributed by atoms with Gasteiger partial charge < -0.3 is 19.9 Å². The van der Waals surface area contributed by atoms with Gasteiger partial charge in [0.05, 0.1) is 12.8 Å². The minimum absolute atomic E-state index is 0.0743. The summed E-state index contributed by atoms with van der Waals surface area (Å²) in [5, 5.41) is 3.05. The standard InChI is InChI=1S/C22H28FN3O2/c1-22(2,17-8-10-18(28-3)11-9-17)16-24-21(27)26-14-12-25(13-15-26)20-7-5-4-6-19(20)23/h4-11H,12-16H2,1-3H3,(H,24,27). The fourth-order valence-corrected chi connectivity index (χ4v) is 3.41. The molecule has 0 unspecified atom stereocenters. The van der Waals surface area contributed by atoms with Crippen LogP contribution >= 0.6 is 0 Å². The van der Waals surface area contributed by atoms with Gasteiger partial charge in [-0.3, -0.25) is 0 Å². The van der Waals surface area contributed by atoms with Crippen molar-refractivity contribution < 1.29 is 13.9 Å². The molecule has 1 saturated heterocycles. The number of carbonyl (C=O) groups is 1. The van der Waals surface area contributed by atoms with Gasteiger partial charge in [0.25, 0.3) is 0 Å². The number of nitrogens with zero attached hydrogens (tertiary/aromatic N) is 2. The molecule has 1 aliphatic rings. The molecule has 0 atom stereocenters. The van der Waals surface area contributed by atoms with Crippen molar-refractivity contribution in [2.45, 2.75) is 19.3 Å². The zero-order valence-corrected chi connectivity index (χ0v) is 16.7. The zero-order chi connectivity index (χ0) is 20.1.